The van der Waals surface area contributed by atoms with Gasteiger partial charge in [-0.2, -0.15) is 10.2 Å². The molecule has 0 radical (unpaired) electrons. The average Bonchev–Trinajstić information content (AvgIpc) is 2.96. The molecule has 6 heteroatoms. The molecule has 0 amide bonds. The van der Waals surface area contributed by atoms with Crippen LogP contribution in [-0.2, 0) is 0 Å². The number of azo groups is 1. The van der Waals surface area contributed by atoms with E-state index in [1.54, 1.807) is 0 Å². The van der Waals surface area contributed by atoms with Gasteiger partial charge >= 0.3 is 0 Å². The fourth-order valence-electron chi connectivity index (χ4n) is 4.65. The summed E-state index contributed by atoms with van der Waals surface area (Å²) < 4.78 is 2.26. The molecule has 0 saturated carbocycles. The summed E-state index contributed by atoms with van der Waals surface area (Å²) in [5.41, 5.74) is 8.70. The van der Waals surface area contributed by atoms with Crippen LogP contribution in [0.15, 0.2) is 101 Å². The molecule has 0 fully saturated rings. The van der Waals surface area contributed by atoms with Crippen LogP contribution in [0.1, 0.15) is 13.8 Å². The average molecular weight is 500 g/mol. The number of rotatable bonds is 8. The highest BCUT2D eigenvalue weighted by atomic mass is 15.1. The van der Waals surface area contributed by atoms with Crippen LogP contribution in [0.2, 0.25) is 0 Å². The van der Waals surface area contributed by atoms with Crippen molar-refractivity contribution in [2.45, 2.75) is 13.8 Å². The summed E-state index contributed by atoms with van der Waals surface area (Å²) in [6.45, 7) is 6.80. The van der Waals surface area contributed by atoms with Gasteiger partial charge in [-0.05, 0) is 62.4 Å². The number of hydrogen-bond acceptors (Lipinski definition) is 5. The van der Waals surface area contributed by atoms with E-state index >= 15 is 0 Å². The number of terminal acetylenes is 1. The van der Waals surface area contributed by atoms with E-state index < -0.39 is 0 Å². The Balaban J connectivity index is 1.60. The third-order valence-electron chi connectivity index (χ3n) is 6.68. The van der Waals surface area contributed by atoms with Gasteiger partial charge in [-0.3, -0.25) is 0 Å². The van der Waals surface area contributed by atoms with Crippen molar-refractivity contribution in [2.24, 2.45) is 10.2 Å². The van der Waals surface area contributed by atoms with Crippen molar-refractivity contribution in [1.82, 2.24) is 4.98 Å². The maximum absolute atomic E-state index is 5.43. The number of hydrogen-bond donors (Lipinski definition) is 0. The summed E-state index contributed by atoms with van der Waals surface area (Å²) in [5.74, 6) is 2.66. The maximum atomic E-state index is 5.43. The zero-order valence-corrected chi connectivity index (χ0v) is 22.0. The predicted molar refractivity (Wildman–Crippen MR) is 157 cm³/mol. The Bertz CT molecular complexity index is 1630. The highest BCUT2D eigenvalue weighted by Crippen LogP contribution is 2.27. The van der Waals surface area contributed by atoms with Crippen molar-refractivity contribution in [3.05, 3.63) is 91.0 Å². The van der Waals surface area contributed by atoms with Crippen LogP contribution in [0, 0.1) is 12.3 Å². The van der Waals surface area contributed by atoms with Gasteiger partial charge < -0.3 is 9.80 Å². The molecule has 0 aliphatic rings. The van der Waals surface area contributed by atoms with Crippen LogP contribution in [-0.4, -0.2) is 31.7 Å². The monoisotopic (exact) mass is 499 g/mol. The van der Waals surface area contributed by atoms with Crippen molar-refractivity contribution in [3.8, 4) is 18.0 Å². The van der Waals surface area contributed by atoms with Crippen LogP contribution >= 0.6 is 0 Å². The largest absolute Gasteiger partial charge is 0.372 e. The lowest BCUT2D eigenvalue weighted by atomic mass is 10.1. The Morgan fingerprint density at radius 1 is 0.763 bits per heavy atom. The summed E-state index contributed by atoms with van der Waals surface area (Å²) in [6, 6.07) is 30.8. The molecule has 0 spiro atoms. The Labute approximate surface area is 223 Å². The topological polar surface area (TPSA) is 48.0 Å². The zero-order valence-electron chi connectivity index (χ0n) is 22.0. The van der Waals surface area contributed by atoms with Gasteiger partial charge in [0.1, 0.15) is 11.0 Å². The van der Waals surface area contributed by atoms with Gasteiger partial charge in [0, 0.05) is 55.8 Å². The van der Waals surface area contributed by atoms with E-state index in [1.165, 1.54) is 5.69 Å². The van der Waals surface area contributed by atoms with Crippen LogP contribution in [0.25, 0.3) is 27.8 Å². The van der Waals surface area contributed by atoms with E-state index in [1.807, 2.05) is 54.4 Å². The molecule has 5 rings (SSSR count). The molecular weight excluding hydrogens is 468 g/mol. The number of nitrogens with zero attached hydrogens (tertiary/aromatic N) is 6. The number of anilines is 2. The molecule has 0 atom stereocenters. The number of aromatic nitrogens is 2. The molecule has 188 valence electrons. The smallest absolute Gasteiger partial charge is 0.239 e. The van der Waals surface area contributed by atoms with Crippen LogP contribution < -0.4 is 14.4 Å². The first kappa shape index (κ1) is 24.9. The summed E-state index contributed by atoms with van der Waals surface area (Å²) >= 11 is 0. The van der Waals surface area contributed by atoms with E-state index in [4.69, 9.17) is 11.4 Å². The minimum absolute atomic E-state index is 0.554. The first-order valence-corrected chi connectivity index (χ1v) is 12.9. The first-order valence-electron chi connectivity index (χ1n) is 12.9. The van der Waals surface area contributed by atoms with E-state index in [0.29, 0.717) is 6.54 Å². The van der Waals surface area contributed by atoms with E-state index in [-0.39, 0.29) is 0 Å². The van der Waals surface area contributed by atoms with Gasteiger partial charge in [0.2, 0.25) is 16.7 Å². The minimum Gasteiger partial charge on any atom is -0.372 e. The lowest BCUT2D eigenvalue weighted by molar-refractivity contribution is -0.538. The maximum Gasteiger partial charge on any atom is 0.239 e. The molecule has 1 heterocycles. The van der Waals surface area contributed by atoms with Gasteiger partial charge in [0.05, 0.1) is 17.9 Å². The molecule has 5 aromatic rings. The second kappa shape index (κ2) is 11.1. The van der Waals surface area contributed by atoms with Gasteiger partial charge in [-0.15, -0.1) is 11.0 Å². The minimum atomic E-state index is 0.554. The molecular formula is C32H31N6+. The molecule has 0 aliphatic heterocycles. The van der Waals surface area contributed by atoms with Gasteiger partial charge in [-0.1, -0.05) is 24.1 Å². The molecule has 6 nitrogen and oxygen atoms in total. The summed E-state index contributed by atoms with van der Waals surface area (Å²) in [4.78, 5) is 9.34. The predicted octanol–water partition coefficient (Wildman–Crippen LogP) is 7.00. The Morgan fingerprint density at radius 3 is 2.05 bits per heavy atom. The van der Waals surface area contributed by atoms with E-state index in [0.717, 1.165) is 57.9 Å². The third kappa shape index (κ3) is 5.05. The van der Waals surface area contributed by atoms with Crippen LogP contribution in [0.4, 0.5) is 22.7 Å². The van der Waals surface area contributed by atoms with Gasteiger partial charge in [0.25, 0.3) is 0 Å². The van der Waals surface area contributed by atoms with E-state index in [2.05, 4.69) is 88.0 Å². The van der Waals surface area contributed by atoms with Crippen molar-refractivity contribution in [3.63, 3.8) is 0 Å². The highest BCUT2D eigenvalue weighted by molar-refractivity contribution is 5.85. The lowest BCUT2D eigenvalue weighted by Gasteiger charge is -2.20. The van der Waals surface area contributed by atoms with Crippen molar-refractivity contribution in [1.29, 1.82) is 0 Å². The molecule has 0 aliphatic carbocycles. The molecule has 0 saturated heterocycles. The number of benzene rings is 4. The number of fused-ring (bicyclic) bond motifs is 2. The molecule has 0 bridgehead atoms. The zero-order chi connectivity index (χ0) is 26.5. The second-order valence-electron chi connectivity index (χ2n) is 9.08. The molecule has 1 aromatic heterocycles. The number of para-hydroxylation sites is 1. The quantitative estimate of drug-likeness (QED) is 0.1000. The third-order valence-corrected chi connectivity index (χ3v) is 6.68. The van der Waals surface area contributed by atoms with Crippen molar-refractivity contribution < 1.29 is 4.57 Å². The fraction of sp³-hybridized carbons (Fsp3) is 0.188. The second-order valence-corrected chi connectivity index (χ2v) is 9.08. The van der Waals surface area contributed by atoms with E-state index in [9.17, 15) is 0 Å². The first-order chi connectivity index (χ1) is 18.6. The fourth-order valence-corrected chi connectivity index (χ4v) is 4.65. The summed E-state index contributed by atoms with van der Waals surface area (Å²) in [6.07, 6.45) is 5.43. The highest BCUT2D eigenvalue weighted by Gasteiger charge is 2.21. The standard InChI is InChI=1S/C32H31N6/c1-5-21-36(4)26-16-13-24(14-17-26)34-35-25-15-19-29-31(22-25)38(27-11-9-8-10-12-27)32-23-28(37(6-2)7-3)18-20-30(32)33-29/h1,8-20,22-23H,6-7,21H2,2-4H3/q+1. The lowest BCUT2D eigenvalue weighted by Crippen LogP contribution is -2.33. The molecule has 0 unspecified atom stereocenters. The van der Waals surface area contributed by atoms with Gasteiger partial charge in [-0.25, -0.2) is 4.98 Å². The molecule has 38 heavy (non-hydrogen) atoms. The molecule has 4 aromatic carbocycles. The Kier molecular flexibility index (Phi) is 7.28. The SMILES string of the molecule is C#CCN(C)c1ccc(N=Nc2ccc3nc4ccc(N(CC)CC)cc4[n+](-c4ccccc4)c3c2)cc1. The van der Waals surface area contributed by atoms with Gasteiger partial charge in [0.15, 0.2) is 0 Å². The molecule has 0 N–H and O–H groups in total. The van der Waals surface area contributed by atoms with Crippen LogP contribution in [0.5, 0.6) is 0 Å². The van der Waals surface area contributed by atoms with Crippen molar-refractivity contribution in [2.75, 3.05) is 36.5 Å². The normalized spacial score (nSPS) is 11.2. The van der Waals surface area contributed by atoms with Crippen LogP contribution in [0.3, 0.4) is 0 Å². The Hall–Kier alpha value is -4.76. The summed E-state index contributed by atoms with van der Waals surface area (Å²) in [5, 5.41) is 9.04. The Morgan fingerprint density at radius 2 is 1.37 bits per heavy atom. The van der Waals surface area contributed by atoms with Crippen molar-refractivity contribution >= 4 is 44.8 Å². The summed E-state index contributed by atoms with van der Waals surface area (Å²) in [7, 11) is 1.97.